The fourth-order valence-electron chi connectivity index (χ4n) is 4.03. The summed E-state index contributed by atoms with van der Waals surface area (Å²) in [6.45, 7) is 5.01. The first-order valence-corrected chi connectivity index (χ1v) is 8.87. The maximum Gasteiger partial charge on any atom is 0.225 e. The van der Waals surface area contributed by atoms with E-state index in [1.165, 1.54) is 5.56 Å². The van der Waals surface area contributed by atoms with Gasteiger partial charge >= 0.3 is 0 Å². The highest BCUT2D eigenvalue weighted by Crippen LogP contribution is 2.27. The van der Waals surface area contributed by atoms with Crippen LogP contribution in [0.1, 0.15) is 38.2 Å². The molecule has 1 saturated carbocycles. The quantitative estimate of drug-likeness (QED) is 0.875. The molecule has 0 aromatic heterocycles. The predicted molar refractivity (Wildman–Crippen MR) is 90.8 cm³/mol. The van der Waals surface area contributed by atoms with Gasteiger partial charge in [0, 0.05) is 25.7 Å². The molecule has 0 bridgehead atoms. The van der Waals surface area contributed by atoms with E-state index in [2.05, 4.69) is 41.4 Å². The van der Waals surface area contributed by atoms with Crippen LogP contribution in [0.25, 0.3) is 0 Å². The van der Waals surface area contributed by atoms with E-state index in [-0.39, 0.29) is 11.8 Å². The van der Waals surface area contributed by atoms with E-state index in [1.807, 2.05) is 6.07 Å². The van der Waals surface area contributed by atoms with Gasteiger partial charge in [0.1, 0.15) is 0 Å². The Balaban J connectivity index is 1.46. The highest BCUT2D eigenvalue weighted by atomic mass is 16.3. The van der Waals surface area contributed by atoms with Crippen LogP contribution in [0.2, 0.25) is 0 Å². The normalized spacial score (nSPS) is 31.4. The number of aliphatic hydroxyl groups excluding tert-OH is 1. The van der Waals surface area contributed by atoms with Crippen LogP contribution in [-0.4, -0.2) is 41.1 Å². The number of aliphatic hydroxyl groups is 1. The Morgan fingerprint density at radius 2 is 2.09 bits per heavy atom. The molecule has 0 radical (unpaired) electrons. The topological polar surface area (TPSA) is 52.6 Å². The van der Waals surface area contributed by atoms with Gasteiger partial charge in [-0.15, -0.1) is 0 Å². The molecule has 2 aliphatic rings. The van der Waals surface area contributed by atoms with E-state index >= 15 is 0 Å². The van der Waals surface area contributed by atoms with Crippen LogP contribution >= 0.6 is 0 Å². The zero-order valence-corrected chi connectivity index (χ0v) is 13.9. The molecule has 4 nitrogen and oxygen atoms in total. The molecular weight excluding hydrogens is 288 g/mol. The van der Waals surface area contributed by atoms with Crippen molar-refractivity contribution in [2.75, 3.05) is 13.1 Å². The third kappa shape index (κ3) is 4.12. The third-order valence-corrected chi connectivity index (χ3v) is 5.40. The highest BCUT2D eigenvalue weighted by molar-refractivity contribution is 5.79. The summed E-state index contributed by atoms with van der Waals surface area (Å²) in [7, 11) is 0. The number of nitrogens with one attached hydrogen (secondary N) is 1. The van der Waals surface area contributed by atoms with Gasteiger partial charge in [-0.05, 0) is 44.1 Å². The Bertz CT molecular complexity index is 519. The van der Waals surface area contributed by atoms with Crippen molar-refractivity contribution in [3.8, 4) is 0 Å². The van der Waals surface area contributed by atoms with Gasteiger partial charge in [-0.3, -0.25) is 9.69 Å². The van der Waals surface area contributed by atoms with E-state index in [4.69, 9.17) is 0 Å². The maximum atomic E-state index is 12.2. The van der Waals surface area contributed by atoms with E-state index < -0.39 is 6.10 Å². The first-order valence-electron chi connectivity index (χ1n) is 8.87. The van der Waals surface area contributed by atoms with Crippen LogP contribution in [0.3, 0.4) is 0 Å². The van der Waals surface area contributed by atoms with Crippen LogP contribution in [0.4, 0.5) is 0 Å². The maximum absolute atomic E-state index is 12.2. The highest BCUT2D eigenvalue weighted by Gasteiger charge is 2.33. The summed E-state index contributed by atoms with van der Waals surface area (Å²) in [5.41, 5.74) is 1.35. The molecule has 3 rings (SSSR count). The summed E-state index contributed by atoms with van der Waals surface area (Å²) in [4.78, 5) is 14.7. The molecule has 1 saturated heterocycles. The van der Waals surface area contributed by atoms with Crippen molar-refractivity contribution < 1.29 is 9.90 Å². The monoisotopic (exact) mass is 316 g/mol. The molecule has 23 heavy (non-hydrogen) atoms. The molecule has 1 amide bonds. The van der Waals surface area contributed by atoms with Crippen LogP contribution in [0.15, 0.2) is 30.3 Å². The van der Waals surface area contributed by atoms with Crippen molar-refractivity contribution in [2.45, 2.75) is 51.3 Å². The fourth-order valence-corrected chi connectivity index (χ4v) is 4.03. The zero-order valence-electron chi connectivity index (χ0n) is 13.9. The van der Waals surface area contributed by atoms with Gasteiger partial charge in [-0.25, -0.2) is 0 Å². The second-order valence-corrected chi connectivity index (χ2v) is 7.22. The summed E-state index contributed by atoms with van der Waals surface area (Å²) in [5, 5.41) is 12.9. The SMILES string of the molecule is CC1CC(CNC(=O)C2CCCC2O)CN1Cc1ccccc1. The molecule has 2 fully saturated rings. The Hall–Kier alpha value is -1.39. The lowest BCUT2D eigenvalue weighted by Crippen LogP contribution is -2.38. The average molecular weight is 316 g/mol. The molecule has 4 heteroatoms. The van der Waals surface area contributed by atoms with Crippen molar-refractivity contribution in [3.05, 3.63) is 35.9 Å². The van der Waals surface area contributed by atoms with Gasteiger partial charge in [-0.1, -0.05) is 30.3 Å². The minimum absolute atomic E-state index is 0.0455. The van der Waals surface area contributed by atoms with Crippen molar-refractivity contribution in [2.24, 2.45) is 11.8 Å². The first kappa shape index (κ1) is 16.5. The lowest BCUT2D eigenvalue weighted by Gasteiger charge is -2.21. The number of hydrogen-bond acceptors (Lipinski definition) is 3. The number of benzene rings is 1. The molecule has 126 valence electrons. The number of rotatable bonds is 5. The molecule has 4 unspecified atom stereocenters. The predicted octanol–water partition coefficient (Wildman–Crippen LogP) is 2.17. The van der Waals surface area contributed by atoms with Gasteiger partial charge in [0.15, 0.2) is 0 Å². The largest absolute Gasteiger partial charge is 0.392 e. The molecule has 1 heterocycles. The Labute approximate surface area is 138 Å². The third-order valence-electron chi connectivity index (χ3n) is 5.40. The summed E-state index contributed by atoms with van der Waals surface area (Å²) in [6.07, 6.45) is 3.25. The lowest BCUT2D eigenvalue weighted by atomic mass is 10.0. The Morgan fingerprint density at radius 1 is 1.30 bits per heavy atom. The number of carbonyl (C=O) groups is 1. The number of hydrogen-bond donors (Lipinski definition) is 2. The van der Waals surface area contributed by atoms with Gasteiger partial charge in [-0.2, -0.15) is 0 Å². The standard InChI is InChI=1S/C19H28N2O2/c1-14-10-16(11-20-19(23)17-8-5-9-18(17)22)13-21(14)12-15-6-3-2-4-7-15/h2-4,6-7,14,16-18,22H,5,8-13H2,1H3,(H,20,23). The number of amides is 1. The minimum Gasteiger partial charge on any atom is -0.392 e. The Morgan fingerprint density at radius 3 is 2.78 bits per heavy atom. The molecule has 0 spiro atoms. The van der Waals surface area contributed by atoms with Crippen molar-refractivity contribution in [1.82, 2.24) is 10.2 Å². The minimum atomic E-state index is -0.438. The van der Waals surface area contributed by atoms with E-state index in [9.17, 15) is 9.90 Å². The van der Waals surface area contributed by atoms with E-state index in [0.29, 0.717) is 12.0 Å². The fraction of sp³-hybridized carbons (Fsp3) is 0.632. The van der Waals surface area contributed by atoms with Crippen LogP contribution < -0.4 is 5.32 Å². The van der Waals surface area contributed by atoms with Gasteiger partial charge in [0.2, 0.25) is 5.91 Å². The molecule has 1 aliphatic carbocycles. The first-order chi connectivity index (χ1) is 11.1. The summed E-state index contributed by atoms with van der Waals surface area (Å²) in [5.74, 6) is 0.370. The molecular formula is C19H28N2O2. The summed E-state index contributed by atoms with van der Waals surface area (Å²) in [6, 6.07) is 11.1. The lowest BCUT2D eigenvalue weighted by molar-refractivity contribution is -0.127. The van der Waals surface area contributed by atoms with Crippen molar-refractivity contribution in [1.29, 1.82) is 0 Å². The smallest absolute Gasteiger partial charge is 0.225 e. The van der Waals surface area contributed by atoms with Crippen LogP contribution in [0.5, 0.6) is 0 Å². The van der Waals surface area contributed by atoms with E-state index in [1.54, 1.807) is 0 Å². The molecule has 1 aromatic carbocycles. The molecule has 4 atom stereocenters. The number of likely N-dealkylation sites (tertiary alicyclic amines) is 1. The van der Waals surface area contributed by atoms with Gasteiger partial charge in [0.05, 0.1) is 12.0 Å². The van der Waals surface area contributed by atoms with Crippen molar-refractivity contribution in [3.63, 3.8) is 0 Å². The Kier molecular flexibility index (Phi) is 5.34. The van der Waals surface area contributed by atoms with Gasteiger partial charge < -0.3 is 10.4 Å². The molecule has 2 N–H and O–H groups in total. The van der Waals surface area contributed by atoms with Crippen molar-refractivity contribution >= 4 is 5.91 Å². The van der Waals surface area contributed by atoms with Gasteiger partial charge in [0.25, 0.3) is 0 Å². The number of nitrogens with zero attached hydrogens (tertiary/aromatic N) is 1. The average Bonchev–Trinajstić information content (AvgIpc) is 3.12. The second kappa shape index (κ2) is 7.45. The second-order valence-electron chi connectivity index (χ2n) is 7.22. The number of carbonyl (C=O) groups excluding carboxylic acids is 1. The molecule has 1 aromatic rings. The zero-order chi connectivity index (χ0) is 16.2. The molecule has 1 aliphatic heterocycles. The summed E-state index contributed by atoms with van der Waals surface area (Å²) < 4.78 is 0. The van der Waals surface area contributed by atoms with Crippen LogP contribution in [-0.2, 0) is 11.3 Å². The van der Waals surface area contributed by atoms with E-state index in [0.717, 1.165) is 45.3 Å². The van der Waals surface area contributed by atoms with Crippen LogP contribution in [0, 0.1) is 11.8 Å². The summed E-state index contributed by atoms with van der Waals surface area (Å²) >= 11 is 0.